The third-order valence-corrected chi connectivity index (χ3v) is 1.71. The molecule has 68 valence electrons. The maximum absolute atomic E-state index is 10.9. The summed E-state index contributed by atoms with van der Waals surface area (Å²) in [6, 6.07) is -0.747. The molecule has 0 bridgehead atoms. The Balaban J connectivity index is 2.59. The quantitative estimate of drug-likeness (QED) is 0.412. The van der Waals surface area contributed by atoms with Crippen LogP contribution in [0.15, 0.2) is 0 Å². The van der Waals surface area contributed by atoms with E-state index in [9.17, 15) is 9.59 Å². The van der Waals surface area contributed by atoms with E-state index in [0.29, 0.717) is 13.1 Å². The molecule has 6 nitrogen and oxygen atoms in total. The molecule has 2 amide bonds. The van der Waals surface area contributed by atoms with Gasteiger partial charge in [-0.05, 0) is 0 Å². The summed E-state index contributed by atoms with van der Waals surface area (Å²) in [6.07, 6.45) is -1.04. The summed E-state index contributed by atoms with van der Waals surface area (Å²) < 4.78 is 0. The molecule has 6 heteroatoms. The number of carboxylic acid groups (broad SMARTS) is 1. The maximum Gasteiger partial charge on any atom is 0.407 e. The van der Waals surface area contributed by atoms with E-state index >= 15 is 0 Å². The lowest BCUT2D eigenvalue weighted by Gasteiger charge is -2.16. The van der Waals surface area contributed by atoms with E-state index in [-0.39, 0.29) is 12.5 Å². The van der Waals surface area contributed by atoms with Crippen LogP contribution in [0.25, 0.3) is 0 Å². The van der Waals surface area contributed by atoms with Crippen molar-refractivity contribution in [2.45, 2.75) is 6.04 Å². The SMILES string of the molecule is N[C@H]1CN(C(=O)O)CCNC1=O. The van der Waals surface area contributed by atoms with E-state index in [4.69, 9.17) is 10.8 Å². The Kier molecular flexibility index (Phi) is 2.49. The number of nitrogens with one attached hydrogen (secondary N) is 1. The van der Waals surface area contributed by atoms with Crippen LogP contribution in [0.2, 0.25) is 0 Å². The minimum absolute atomic E-state index is 0.0706. The second kappa shape index (κ2) is 3.40. The van der Waals surface area contributed by atoms with Crippen molar-refractivity contribution in [3.63, 3.8) is 0 Å². The molecular weight excluding hydrogens is 162 g/mol. The van der Waals surface area contributed by atoms with Crippen molar-refractivity contribution in [1.29, 1.82) is 0 Å². The van der Waals surface area contributed by atoms with Gasteiger partial charge >= 0.3 is 6.09 Å². The molecule has 0 saturated carbocycles. The summed E-state index contributed by atoms with van der Waals surface area (Å²) >= 11 is 0. The summed E-state index contributed by atoms with van der Waals surface area (Å²) in [7, 11) is 0. The van der Waals surface area contributed by atoms with Crippen LogP contribution >= 0.6 is 0 Å². The predicted molar refractivity (Wildman–Crippen MR) is 40.6 cm³/mol. The fraction of sp³-hybridized carbons (Fsp3) is 0.667. The number of amides is 2. The fourth-order valence-electron chi connectivity index (χ4n) is 1.03. The number of hydrogen-bond donors (Lipinski definition) is 3. The van der Waals surface area contributed by atoms with Crippen LogP contribution in [0.4, 0.5) is 4.79 Å². The Morgan fingerprint density at radius 1 is 1.75 bits per heavy atom. The maximum atomic E-state index is 10.9. The first kappa shape index (κ1) is 8.79. The van der Waals surface area contributed by atoms with Crippen molar-refractivity contribution in [1.82, 2.24) is 10.2 Å². The first-order valence-corrected chi connectivity index (χ1v) is 3.62. The molecule has 1 fully saturated rings. The highest BCUT2D eigenvalue weighted by Crippen LogP contribution is 1.95. The van der Waals surface area contributed by atoms with Gasteiger partial charge in [-0.25, -0.2) is 4.79 Å². The fourth-order valence-corrected chi connectivity index (χ4v) is 1.03. The average Bonchev–Trinajstić information content (AvgIpc) is 2.15. The minimum Gasteiger partial charge on any atom is -0.465 e. The predicted octanol–water partition coefficient (Wildman–Crippen LogP) is -1.58. The number of rotatable bonds is 0. The van der Waals surface area contributed by atoms with E-state index in [1.165, 1.54) is 0 Å². The standard InChI is InChI=1S/C6H11N3O3/c7-4-3-9(6(11)12)2-1-8-5(4)10/h4H,1-3,7H2,(H,8,10)(H,11,12)/t4-/m0/s1. The zero-order valence-corrected chi connectivity index (χ0v) is 6.49. The van der Waals surface area contributed by atoms with Crippen molar-refractivity contribution < 1.29 is 14.7 Å². The highest BCUT2D eigenvalue weighted by atomic mass is 16.4. The zero-order valence-electron chi connectivity index (χ0n) is 6.49. The first-order chi connectivity index (χ1) is 5.61. The number of hydrogen-bond acceptors (Lipinski definition) is 3. The molecule has 1 heterocycles. The highest BCUT2D eigenvalue weighted by molar-refractivity contribution is 5.82. The molecule has 0 aromatic carbocycles. The van der Waals surface area contributed by atoms with Crippen LogP contribution in [0.3, 0.4) is 0 Å². The normalized spacial score (nSPS) is 24.6. The lowest BCUT2D eigenvalue weighted by molar-refractivity contribution is -0.121. The van der Waals surface area contributed by atoms with Gasteiger partial charge in [0.15, 0.2) is 0 Å². The topological polar surface area (TPSA) is 95.7 Å². The van der Waals surface area contributed by atoms with Crippen LogP contribution in [-0.2, 0) is 4.79 Å². The van der Waals surface area contributed by atoms with Crippen molar-refractivity contribution in [2.24, 2.45) is 5.73 Å². The van der Waals surface area contributed by atoms with Gasteiger partial charge in [0.25, 0.3) is 0 Å². The minimum atomic E-state index is -1.04. The summed E-state index contributed by atoms with van der Waals surface area (Å²) in [5.74, 6) is -0.293. The van der Waals surface area contributed by atoms with Gasteiger partial charge in [0.05, 0.1) is 0 Å². The molecule has 0 radical (unpaired) electrons. The molecule has 0 aromatic rings. The molecule has 1 aliphatic rings. The second-order valence-electron chi connectivity index (χ2n) is 2.63. The Morgan fingerprint density at radius 2 is 2.42 bits per heavy atom. The summed E-state index contributed by atoms with van der Waals surface area (Å²) in [5, 5.41) is 11.1. The van der Waals surface area contributed by atoms with Gasteiger partial charge < -0.3 is 21.1 Å². The molecule has 1 rings (SSSR count). The number of nitrogens with two attached hydrogens (primary N) is 1. The first-order valence-electron chi connectivity index (χ1n) is 3.62. The van der Waals surface area contributed by atoms with E-state index in [2.05, 4.69) is 5.32 Å². The van der Waals surface area contributed by atoms with Crippen molar-refractivity contribution >= 4 is 12.0 Å². The summed E-state index contributed by atoms with van der Waals surface area (Å²) in [4.78, 5) is 22.5. The number of carbonyl (C=O) groups is 2. The molecule has 1 saturated heterocycles. The highest BCUT2D eigenvalue weighted by Gasteiger charge is 2.23. The Hall–Kier alpha value is -1.30. The number of nitrogens with zero attached hydrogens (tertiary/aromatic N) is 1. The van der Waals surface area contributed by atoms with Crippen LogP contribution in [0, 0.1) is 0 Å². The Bertz CT molecular complexity index is 206. The van der Waals surface area contributed by atoms with Crippen molar-refractivity contribution in [2.75, 3.05) is 19.6 Å². The van der Waals surface area contributed by atoms with E-state index in [1.54, 1.807) is 0 Å². The number of carbonyl (C=O) groups excluding carboxylic acids is 1. The van der Waals surface area contributed by atoms with Crippen LogP contribution in [0.1, 0.15) is 0 Å². The molecule has 0 aliphatic carbocycles. The Morgan fingerprint density at radius 3 is 3.00 bits per heavy atom. The van der Waals surface area contributed by atoms with Crippen LogP contribution in [-0.4, -0.2) is 47.7 Å². The van der Waals surface area contributed by atoms with Gasteiger partial charge in [-0.1, -0.05) is 0 Å². The Labute approximate surface area is 69.3 Å². The monoisotopic (exact) mass is 173 g/mol. The third kappa shape index (κ3) is 1.85. The van der Waals surface area contributed by atoms with E-state index in [1.807, 2.05) is 0 Å². The lowest BCUT2D eigenvalue weighted by Crippen LogP contribution is -2.44. The zero-order chi connectivity index (χ0) is 9.14. The van der Waals surface area contributed by atoms with Crippen molar-refractivity contribution in [3.8, 4) is 0 Å². The van der Waals surface area contributed by atoms with Gasteiger partial charge in [-0.15, -0.1) is 0 Å². The largest absolute Gasteiger partial charge is 0.465 e. The molecule has 1 atom stereocenters. The van der Waals surface area contributed by atoms with E-state index in [0.717, 1.165) is 4.90 Å². The van der Waals surface area contributed by atoms with Gasteiger partial charge in [0, 0.05) is 19.6 Å². The molecule has 4 N–H and O–H groups in total. The second-order valence-corrected chi connectivity index (χ2v) is 2.63. The average molecular weight is 173 g/mol. The lowest BCUT2D eigenvalue weighted by atomic mass is 10.3. The molecular formula is C6H11N3O3. The molecule has 12 heavy (non-hydrogen) atoms. The summed E-state index contributed by atoms with van der Waals surface area (Å²) in [5.41, 5.74) is 5.39. The molecule has 0 aromatic heterocycles. The van der Waals surface area contributed by atoms with Crippen LogP contribution < -0.4 is 11.1 Å². The van der Waals surface area contributed by atoms with Crippen LogP contribution in [0.5, 0.6) is 0 Å². The third-order valence-electron chi connectivity index (χ3n) is 1.71. The smallest absolute Gasteiger partial charge is 0.407 e. The van der Waals surface area contributed by atoms with Gasteiger partial charge in [-0.2, -0.15) is 0 Å². The van der Waals surface area contributed by atoms with Crippen molar-refractivity contribution in [3.05, 3.63) is 0 Å². The van der Waals surface area contributed by atoms with Gasteiger partial charge in [0.2, 0.25) is 5.91 Å². The van der Waals surface area contributed by atoms with Gasteiger partial charge in [0.1, 0.15) is 6.04 Å². The van der Waals surface area contributed by atoms with Gasteiger partial charge in [-0.3, -0.25) is 4.79 Å². The van der Waals surface area contributed by atoms with E-state index < -0.39 is 12.1 Å². The molecule has 0 spiro atoms. The molecule has 1 aliphatic heterocycles. The molecule has 0 unspecified atom stereocenters. The summed E-state index contributed by atoms with van der Waals surface area (Å²) in [6.45, 7) is 0.703.